The summed E-state index contributed by atoms with van der Waals surface area (Å²) in [6.07, 6.45) is 4.74. The van der Waals surface area contributed by atoms with E-state index in [0.717, 1.165) is 25.1 Å². The third-order valence-corrected chi connectivity index (χ3v) is 3.27. The first-order valence-corrected chi connectivity index (χ1v) is 7.15. The van der Waals surface area contributed by atoms with Gasteiger partial charge in [-0.2, -0.15) is 0 Å². The van der Waals surface area contributed by atoms with Crippen LogP contribution in [0, 0.1) is 5.92 Å². The van der Waals surface area contributed by atoms with E-state index in [1.165, 1.54) is 6.20 Å². The van der Waals surface area contributed by atoms with Crippen LogP contribution in [0.5, 0.6) is 0 Å². The van der Waals surface area contributed by atoms with Crippen molar-refractivity contribution in [1.82, 2.24) is 14.9 Å². The van der Waals surface area contributed by atoms with E-state index in [-0.39, 0.29) is 6.09 Å². The second-order valence-electron chi connectivity index (χ2n) is 6.12. The van der Waals surface area contributed by atoms with Crippen LogP contribution in [0.2, 0.25) is 5.15 Å². The summed E-state index contributed by atoms with van der Waals surface area (Å²) in [7, 11) is 0. The Morgan fingerprint density at radius 1 is 1.50 bits per heavy atom. The molecule has 6 heteroatoms. The number of rotatable bonds is 2. The molecule has 1 aliphatic heterocycles. The van der Waals surface area contributed by atoms with Gasteiger partial charge in [0.15, 0.2) is 0 Å². The van der Waals surface area contributed by atoms with Crippen molar-refractivity contribution in [1.29, 1.82) is 0 Å². The standard InChI is InChI=1S/C14H20ClN3O2/c1-14(2,3)20-13(19)18-5-4-10(9-18)6-11-7-16-8-12(15)17-11/h7-8,10H,4-6,9H2,1-3H3/t10-/m1/s1. The molecule has 110 valence electrons. The van der Waals surface area contributed by atoms with Gasteiger partial charge in [-0.25, -0.2) is 9.78 Å². The van der Waals surface area contributed by atoms with E-state index < -0.39 is 5.60 Å². The van der Waals surface area contributed by atoms with Crippen molar-refractivity contribution in [3.8, 4) is 0 Å². The Hall–Kier alpha value is -1.36. The van der Waals surface area contributed by atoms with Gasteiger partial charge in [0.25, 0.3) is 0 Å². The molecule has 1 aromatic rings. The van der Waals surface area contributed by atoms with Crippen molar-refractivity contribution < 1.29 is 9.53 Å². The molecule has 0 radical (unpaired) electrons. The van der Waals surface area contributed by atoms with E-state index in [1.807, 2.05) is 20.8 Å². The fourth-order valence-electron chi connectivity index (χ4n) is 2.27. The second kappa shape index (κ2) is 5.95. The molecule has 0 aromatic carbocycles. The molecule has 2 rings (SSSR count). The molecule has 1 aliphatic rings. The Kier molecular flexibility index (Phi) is 4.48. The third-order valence-electron chi connectivity index (χ3n) is 3.09. The average Bonchev–Trinajstić information content (AvgIpc) is 2.75. The van der Waals surface area contributed by atoms with Crippen LogP contribution < -0.4 is 0 Å². The highest BCUT2D eigenvalue weighted by Gasteiger charge is 2.29. The summed E-state index contributed by atoms with van der Waals surface area (Å²) in [5.74, 6) is 0.385. The predicted octanol–water partition coefficient (Wildman–Crippen LogP) is 2.93. The molecule has 0 saturated carbocycles. The van der Waals surface area contributed by atoms with Gasteiger partial charge >= 0.3 is 6.09 Å². The number of nitrogens with zero attached hydrogens (tertiary/aromatic N) is 3. The molecule has 1 amide bonds. The molecule has 0 bridgehead atoms. The number of amides is 1. The largest absolute Gasteiger partial charge is 0.444 e. The first-order valence-electron chi connectivity index (χ1n) is 6.78. The van der Waals surface area contributed by atoms with E-state index >= 15 is 0 Å². The molecule has 1 fully saturated rings. The third kappa shape index (κ3) is 4.34. The van der Waals surface area contributed by atoms with Crippen molar-refractivity contribution >= 4 is 17.7 Å². The minimum Gasteiger partial charge on any atom is -0.444 e. The molecule has 1 aromatic heterocycles. The quantitative estimate of drug-likeness (QED) is 0.842. The fourth-order valence-corrected chi connectivity index (χ4v) is 2.43. The van der Waals surface area contributed by atoms with Crippen LogP contribution in [0.4, 0.5) is 4.79 Å². The first kappa shape index (κ1) is 15.0. The molecule has 20 heavy (non-hydrogen) atoms. The van der Waals surface area contributed by atoms with Crippen LogP contribution in [0.1, 0.15) is 32.9 Å². The minimum atomic E-state index is -0.451. The monoisotopic (exact) mass is 297 g/mol. The highest BCUT2D eigenvalue weighted by Crippen LogP contribution is 2.22. The van der Waals surface area contributed by atoms with Crippen LogP contribution >= 0.6 is 11.6 Å². The van der Waals surface area contributed by atoms with Gasteiger partial charge in [0, 0.05) is 19.3 Å². The van der Waals surface area contributed by atoms with Gasteiger partial charge in [-0.3, -0.25) is 4.98 Å². The van der Waals surface area contributed by atoms with Crippen molar-refractivity contribution in [2.24, 2.45) is 5.92 Å². The number of likely N-dealkylation sites (tertiary alicyclic amines) is 1. The van der Waals surface area contributed by atoms with E-state index in [9.17, 15) is 4.79 Å². The topological polar surface area (TPSA) is 55.3 Å². The van der Waals surface area contributed by atoms with Gasteiger partial charge in [-0.1, -0.05) is 11.6 Å². The molecule has 5 nitrogen and oxygen atoms in total. The van der Waals surface area contributed by atoms with E-state index in [4.69, 9.17) is 16.3 Å². The van der Waals surface area contributed by atoms with Gasteiger partial charge in [0.05, 0.1) is 11.9 Å². The second-order valence-corrected chi connectivity index (χ2v) is 6.51. The van der Waals surface area contributed by atoms with Crippen molar-refractivity contribution in [2.75, 3.05) is 13.1 Å². The lowest BCUT2D eigenvalue weighted by molar-refractivity contribution is 0.0288. The Labute approximate surface area is 124 Å². The number of halogens is 1. The average molecular weight is 298 g/mol. The maximum Gasteiger partial charge on any atom is 0.410 e. The molecule has 1 atom stereocenters. The van der Waals surface area contributed by atoms with Gasteiger partial charge in [-0.05, 0) is 39.5 Å². The maximum absolute atomic E-state index is 12.0. The van der Waals surface area contributed by atoms with Crippen LogP contribution in [-0.4, -0.2) is 39.7 Å². The Bertz CT molecular complexity index is 488. The lowest BCUT2D eigenvalue weighted by atomic mass is 10.0. The van der Waals surface area contributed by atoms with Crippen LogP contribution in [-0.2, 0) is 11.2 Å². The predicted molar refractivity (Wildman–Crippen MR) is 76.7 cm³/mol. The molecular formula is C14H20ClN3O2. The fraction of sp³-hybridized carbons (Fsp3) is 0.643. The van der Waals surface area contributed by atoms with E-state index in [0.29, 0.717) is 17.6 Å². The van der Waals surface area contributed by atoms with Crippen LogP contribution in [0.15, 0.2) is 12.4 Å². The summed E-state index contributed by atoms with van der Waals surface area (Å²) in [4.78, 5) is 22.0. The molecule has 0 N–H and O–H groups in total. The SMILES string of the molecule is CC(C)(C)OC(=O)N1CC[C@H](Cc2cncc(Cl)n2)C1. The maximum atomic E-state index is 12.0. The minimum absolute atomic E-state index is 0.239. The molecule has 1 saturated heterocycles. The number of hydrogen-bond donors (Lipinski definition) is 0. The van der Waals surface area contributed by atoms with Gasteiger partial charge < -0.3 is 9.64 Å². The molecular weight excluding hydrogens is 278 g/mol. The molecule has 0 aliphatic carbocycles. The van der Waals surface area contributed by atoms with E-state index in [1.54, 1.807) is 11.1 Å². The summed E-state index contributed by atoms with van der Waals surface area (Å²) in [5.41, 5.74) is 0.418. The molecule has 2 heterocycles. The van der Waals surface area contributed by atoms with Gasteiger partial charge in [0.2, 0.25) is 0 Å². The number of hydrogen-bond acceptors (Lipinski definition) is 4. The van der Waals surface area contributed by atoms with Gasteiger partial charge in [0.1, 0.15) is 10.8 Å². The Balaban J connectivity index is 1.88. The van der Waals surface area contributed by atoms with Crippen molar-refractivity contribution in [3.63, 3.8) is 0 Å². The lowest BCUT2D eigenvalue weighted by Crippen LogP contribution is -2.35. The summed E-state index contributed by atoms with van der Waals surface area (Å²) < 4.78 is 5.38. The van der Waals surface area contributed by atoms with Crippen LogP contribution in [0.3, 0.4) is 0 Å². The zero-order valence-electron chi connectivity index (χ0n) is 12.1. The highest BCUT2D eigenvalue weighted by atomic mass is 35.5. The summed E-state index contributed by atoms with van der Waals surface area (Å²) in [5, 5.41) is 0.407. The zero-order valence-corrected chi connectivity index (χ0v) is 12.9. The summed E-state index contributed by atoms with van der Waals surface area (Å²) in [6.45, 7) is 7.05. The lowest BCUT2D eigenvalue weighted by Gasteiger charge is -2.24. The first-order chi connectivity index (χ1) is 9.33. The molecule has 0 spiro atoms. The Morgan fingerprint density at radius 3 is 2.90 bits per heavy atom. The summed E-state index contributed by atoms with van der Waals surface area (Å²) in [6, 6.07) is 0. The smallest absolute Gasteiger partial charge is 0.410 e. The summed E-state index contributed by atoms with van der Waals surface area (Å²) >= 11 is 5.82. The zero-order chi connectivity index (χ0) is 14.8. The number of ether oxygens (including phenoxy) is 1. The highest BCUT2D eigenvalue weighted by molar-refractivity contribution is 6.29. The van der Waals surface area contributed by atoms with Crippen molar-refractivity contribution in [3.05, 3.63) is 23.2 Å². The number of aromatic nitrogens is 2. The Morgan fingerprint density at radius 2 is 2.25 bits per heavy atom. The normalized spacial score (nSPS) is 19.2. The van der Waals surface area contributed by atoms with Gasteiger partial charge in [-0.15, -0.1) is 0 Å². The molecule has 0 unspecified atom stereocenters. The van der Waals surface area contributed by atoms with Crippen LogP contribution in [0.25, 0.3) is 0 Å². The number of carbonyl (C=O) groups is 1. The van der Waals surface area contributed by atoms with Crippen molar-refractivity contribution in [2.45, 2.75) is 39.2 Å². The number of carbonyl (C=O) groups excluding carboxylic acids is 1. The van der Waals surface area contributed by atoms with E-state index in [2.05, 4.69) is 9.97 Å².